The third-order valence-corrected chi connectivity index (χ3v) is 4.76. The number of amides is 2. The second-order valence-electron chi connectivity index (χ2n) is 6.83. The fraction of sp³-hybridized carbons (Fsp3) is 0.167. The monoisotopic (exact) mass is 387 g/mol. The van der Waals surface area contributed by atoms with E-state index in [4.69, 9.17) is 0 Å². The van der Waals surface area contributed by atoms with Crippen LogP contribution in [0.3, 0.4) is 0 Å². The van der Waals surface area contributed by atoms with Crippen molar-refractivity contribution in [3.8, 4) is 0 Å². The van der Waals surface area contributed by atoms with Crippen LogP contribution in [0.15, 0.2) is 84.9 Å². The molecular formula is C24H25N3O2. The van der Waals surface area contributed by atoms with Crippen molar-refractivity contribution >= 4 is 23.2 Å². The molecule has 0 saturated carbocycles. The SMILES string of the molecule is CC(NC(=O)c1ccc(NCC(=O)N(C)c2ccccc2)cc1)c1ccccc1. The molecule has 29 heavy (non-hydrogen) atoms. The first-order chi connectivity index (χ1) is 14.0. The Bertz CT molecular complexity index is 941. The molecule has 0 aliphatic carbocycles. The number of carbonyl (C=O) groups excluding carboxylic acids is 2. The first kappa shape index (κ1) is 20.1. The minimum atomic E-state index is -0.132. The molecule has 1 unspecified atom stereocenters. The van der Waals surface area contributed by atoms with Crippen LogP contribution in [0, 0.1) is 0 Å². The normalized spacial score (nSPS) is 11.4. The number of rotatable bonds is 7. The molecule has 0 saturated heterocycles. The van der Waals surface area contributed by atoms with Gasteiger partial charge in [-0.3, -0.25) is 9.59 Å². The van der Waals surface area contributed by atoms with Crippen LogP contribution < -0.4 is 15.5 Å². The largest absolute Gasteiger partial charge is 0.376 e. The number of carbonyl (C=O) groups is 2. The molecule has 0 aliphatic heterocycles. The minimum absolute atomic E-state index is 0.0466. The Hall–Kier alpha value is -3.60. The maximum absolute atomic E-state index is 12.5. The van der Waals surface area contributed by atoms with Gasteiger partial charge >= 0.3 is 0 Å². The summed E-state index contributed by atoms with van der Waals surface area (Å²) in [6.45, 7) is 2.12. The quantitative estimate of drug-likeness (QED) is 0.637. The van der Waals surface area contributed by atoms with Gasteiger partial charge in [0.15, 0.2) is 0 Å². The van der Waals surface area contributed by atoms with Gasteiger partial charge in [0, 0.05) is 24.0 Å². The van der Waals surface area contributed by atoms with Crippen molar-refractivity contribution in [1.29, 1.82) is 0 Å². The molecule has 0 spiro atoms. The topological polar surface area (TPSA) is 61.4 Å². The van der Waals surface area contributed by atoms with Gasteiger partial charge in [-0.05, 0) is 48.9 Å². The highest BCUT2D eigenvalue weighted by Gasteiger charge is 2.12. The van der Waals surface area contributed by atoms with Crippen LogP contribution in [0.1, 0.15) is 28.9 Å². The number of benzene rings is 3. The van der Waals surface area contributed by atoms with Gasteiger partial charge < -0.3 is 15.5 Å². The molecule has 148 valence electrons. The predicted octanol–water partition coefficient (Wildman–Crippen LogP) is 4.25. The molecule has 2 N–H and O–H groups in total. The third kappa shape index (κ3) is 5.45. The molecule has 5 nitrogen and oxygen atoms in total. The number of likely N-dealkylation sites (N-methyl/N-ethyl adjacent to an activating group) is 1. The lowest BCUT2D eigenvalue weighted by Gasteiger charge is -2.18. The van der Waals surface area contributed by atoms with Crippen LogP contribution in [-0.2, 0) is 4.79 Å². The number of anilines is 2. The van der Waals surface area contributed by atoms with Gasteiger partial charge in [-0.25, -0.2) is 0 Å². The Kier molecular flexibility index (Phi) is 6.63. The van der Waals surface area contributed by atoms with E-state index in [-0.39, 0.29) is 24.4 Å². The van der Waals surface area contributed by atoms with Crippen molar-refractivity contribution in [2.24, 2.45) is 0 Å². The van der Waals surface area contributed by atoms with Gasteiger partial charge in [-0.1, -0.05) is 48.5 Å². The summed E-state index contributed by atoms with van der Waals surface area (Å²) in [6, 6.07) is 26.4. The molecule has 5 heteroatoms. The second-order valence-corrected chi connectivity index (χ2v) is 6.83. The Morgan fingerprint density at radius 2 is 1.45 bits per heavy atom. The average molecular weight is 387 g/mol. The highest BCUT2D eigenvalue weighted by atomic mass is 16.2. The van der Waals surface area contributed by atoms with Crippen LogP contribution in [0.5, 0.6) is 0 Å². The summed E-state index contributed by atoms with van der Waals surface area (Å²) < 4.78 is 0. The zero-order valence-corrected chi connectivity index (χ0v) is 16.6. The summed E-state index contributed by atoms with van der Waals surface area (Å²) in [5, 5.41) is 6.10. The first-order valence-corrected chi connectivity index (χ1v) is 9.56. The Morgan fingerprint density at radius 1 is 0.862 bits per heavy atom. The maximum Gasteiger partial charge on any atom is 0.251 e. The lowest BCUT2D eigenvalue weighted by atomic mass is 10.1. The zero-order chi connectivity index (χ0) is 20.6. The smallest absolute Gasteiger partial charge is 0.251 e. The Morgan fingerprint density at radius 3 is 2.07 bits per heavy atom. The summed E-state index contributed by atoms with van der Waals surface area (Å²) in [5.41, 5.74) is 3.26. The standard InChI is InChI=1S/C24H25N3O2/c1-18(19-9-5-3-6-10-19)26-24(29)20-13-15-21(16-14-20)25-17-23(28)27(2)22-11-7-4-8-12-22/h3-16,18,25H,17H2,1-2H3,(H,26,29). The van der Waals surface area contributed by atoms with Gasteiger partial charge in [0.1, 0.15) is 0 Å². The zero-order valence-electron chi connectivity index (χ0n) is 16.6. The van der Waals surface area contributed by atoms with E-state index in [1.54, 1.807) is 36.2 Å². The number of hydrogen-bond acceptors (Lipinski definition) is 3. The lowest BCUT2D eigenvalue weighted by Crippen LogP contribution is -2.32. The number of para-hydroxylation sites is 1. The third-order valence-electron chi connectivity index (χ3n) is 4.76. The van der Waals surface area contributed by atoms with Crippen molar-refractivity contribution in [3.05, 3.63) is 96.1 Å². The number of nitrogens with one attached hydrogen (secondary N) is 2. The maximum atomic E-state index is 12.5. The van der Waals surface area contributed by atoms with Crippen molar-refractivity contribution < 1.29 is 9.59 Å². The van der Waals surface area contributed by atoms with E-state index in [0.717, 1.165) is 16.9 Å². The van der Waals surface area contributed by atoms with E-state index in [1.807, 2.05) is 67.6 Å². The molecule has 3 aromatic rings. The van der Waals surface area contributed by atoms with E-state index in [0.29, 0.717) is 5.56 Å². The highest BCUT2D eigenvalue weighted by Crippen LogP contribution is 2.15. The van der Waals surface area contributed by atoms with Gasteiger partial charge in [0.2, 0.25) is 5.91 Å². The van der Waals surface area contributed by atoms with E-state index < -0.39 is 0 Å². The molecule has 0 fully saturated rings. The Labute approximate surface area is 171 Å². The van der Waals surface area contributed by atoms with Gasteiger partial charge in [0.05, 0.1) is 12.6 Å². The molecule has 3 rings (SSSR count). The first-order valence-electron chi connectivity index (χ1n) is 9.56. The highest BCUT2D eigenvalue weighted by molar-refractivity contribution is 5.96. The molecule has 0 radical (unpaired) electrons. The van der Waals surface area contributed by atoms with Crippen LogP contribution in [-0.4, -0.2) is 25.4 Å². The summed E-state index contributed by atoms with van der Waals surface area (Å²) in [7, 11) is 1.75. The van der Waals surface area contributed by atoms with E-state index in [2.05, 4.69) is 10.6 Å². The van der Waals surface area contributed by atoms with Gasteiger partial charge in [-0.15, -0.1) is 0 Å². The molecule has 0 bridgehead atoms. The molecule has 1 atom stereocenters. The molecular weight excluding hydrogens is 362 g/mol. The van der Waals surface area contributed by atoms with E-state index in [1.165, 1.54) is 0 Å². The Balaban J connectivity index is 1.53. The van der Waals surface area contributed by atoms with Crippen LogP contribution in [0.2, 0.25) is 0 Å². The van der Waals surface area contributed by atoms with Gasteiger partial charge in [0.25, 0.3) is 5.91 Å². The average Bonchev–Trinajstić information content (AvgIpc) is 2.78. The van der Waals surface area contributed by atoms with Gasteiger partial charge in [-0.2, -0.15) is 0 Å². The summed E-state index contributed by atoms with van der Waals surface area (Å²) in [6.07, 6.45) is 0. The lowest BCUT2D eigenvalue weighted by molar-refractivity contribution is -0.116. The summed E-state index contributed by atoms with van der Waals surface area (Å²) in [4.78, 5) is 26.4. The molecule has 2 amide bonds. The van der Waals surface area contributed by atoms with E-state index >= 15 is 0 Å². The van der Waals surface area contributed by atoms with Crippen molar-refractivity contribution in [3.63, 3.8) is 0 Å². The van der Waals surface area contributed by atoms with Crippen LogP contribution >= 0.6 is 0 Å². The van der Waals surface area contributed by atoms with Crippen LogP contribution in [0.4, 0.5) is 11.4 Å². The summed E-state index contributed by atoms with van der Waals surface area (Å²) >= 11 is 0. The number of hydrogen-bond donors (Lipinski definition) is 2. The van der Waals surface area contributed by atoms with Crippen molar-refractivity contribution in [1.82, 2.24) is 5.32 Å². The molecule has 0 aromatic heterocycles. The molecule has 0 heterocycles. The minimum Gasteiger partial charge on any atom is -0.376 e. The predicted molar refractivity (Wildman–Crippen MR) is 117 cm³/mol. The number of nitrogens with zero attached hydrogens (tertiary/aromatic N) is 1. The summed E-state index contributed by atoms with van der Waals surface area (Å²) in [5.74, 6) is -0.178. The second kappa shape index (κ2) is 9.55. The van der Waals surface area contributed by atoms with Crippen molar-refractivity contribution in [2.75, 3.05) is 23.8 Å². The fourth-order valence-electron chi connectivity index (χ4n) is 2.94. The molecule has 0 aliphatic rings. The van der Waals surface area contributed by atoms with E-state index in [9.17, 15) is 9.59 Å². The van der Waals surface area contributed by atoms with Crippen LogP contribution in [0.25, 0.3) is 0 Å². The van der Waals surface area contributed by atoms with Crippen molar-refractivity contribution in [2.45, 2.75) is 13.0 Å². The fourth-order valence-corrected chi connectivity index (χ4v) is 2.94. The molecule has 3 aromatic carbocycles.